The average molecular weight is 295 g/mol. The van der Waals surface area contributed by atoms with Crippen LogP contribution in [0, 0.1) is 0 Å². The van der Waals surface area contributed by atoms with E-state index in [1.165, 1.54) is 6.20 Å². The number of halogens is 1. The van der Waals surface area contributed by atoms with Crippen molar-refractivity contribution in [3.63, 3.8) is 0 Å². The average Bonchev–Trinajstić information content (AvgIpc) is 2.49. The lowest BCUT2D eigenvalue weighted by atomic mass is 10.2. The summed E-state index contributed by atoms with van der Waals surface area (Å²) < 4.78 is 10.4. The van der Waals surface area contributed by atoms with Gasteiger partial charge < -0.3 is 20.1 Å². The SMILES string of the molecule is CNc1ncc(Cl)c(Nc2ccc(OC)c(OC)c2)n1. The van der Waals surface area contributed by atoms with Crippen LogP contribution < -0.4 is 20.1 Å². The van der Waals surface area contributed by atoms with Crippen LogP contribution in [0.3, 0.4) is 0 Å². The van der Waals surface area contributed by atoms with E-state index >= 15 is 0 Å². The van der Waals surface area contributed by atoms with E-state index in [1.807, 2.05) is 6.07 Å². The number of aromatic nitrogens is 2. The molecule has 2 N–H and O–H groups in total. The second-order valence-electron chi connectivity index (χ2n) is 3.83. The second kappa shape index (κ2) is 6.29. The Morgan fingerprint density at radius 3 is 2.55 bits per heavy atom. The van der Waals surface area contributed by atoms with Gasteiger partial charge in [0.2, 0.25) is 5.95 Å². The molecule has 0 atom stereocenters. The smallest absolute Gasteiger partial charge is 0.224 e. The fourth-order valence-corrected chi connectivity index (χ4v) is 1.76. The zero-order valence-electron chi connectivity index (χ0n) is 11.4. The standard InChI is InChI=1S/C13H15ClN4O2/c1-15-13-16-7-9(14)12(18-13)17-8-4-5-10(19-2)11(6-8)20-3/h4-7H,1-3H3,(H2,15,16,17,18). The highest BCUT2D eigenvalue weighted by atomic mass is 35.5. The molecule has 0 radical (unpaired) electrons. The molecule has 1 aromatic carbocycles. The number of anilines is 3. The molecule has 0 spiro atoms. The lowest BCUT2D eigenvalue weighted by molar-refractivity contribution is 0.355. The maximum atomic E-state index is 6.06. The van der Waals surface area contributed by atoms with Gasteiger partial charge in [0.1, 0.15) is 5.02 Å². The highest BCUT2D eigenvalue weighted by Crippen LogP contribution is 2.32. The van der Waals surface area contributed by atoms with Crippen LogP contribution in [0.5, 0.6) is 11.5 Å². The molecule has 20 heavy (non-hydrogen) atoms. The Morgan fingerprint density at radius 1 is 1.15 bits per heavy atom. The van der Waals surface area contributed by atoms with Gasteiger partial charge in [0, 0.05) is 18.8 Å². The number of methoxy groups -OCH3 is 2. The fourth-order valence-electron chi connectivity index (χ4n) is 1.63. The molecule has 2 aromatic rings. The number of nitrogens with zero attached hydrogens (tertiary/aromatic N) is 2. The Hall–Kier alpha value is -2.21. The summed E-state index contributed by atoms with van der Waals surface area (Å²) in [6.45, 7) is 0. The van der Waals surface area contributed by atoms with E-state index in [2.05, 4.69) is 20.6 Å². The summed E-state index contributed by atoms with van der Waals surface area (Å²) in [6, 6.07) is 5.45. The van der Waals surface area contributed by atoms with E-state index in [0.29, 0.717) is 28.3 Å². The maximum absolute atomic E-state index is 6.06. The van der Waals surface area contributed by atoms with Crippen molar-refractivity contribution < 1.29 is 9.47 Å². The van der Waals surface area contributed by atoms with Gasteiger partial charge in [-0.1, -0.05) is 11.6 Å². The second-order valence-corrected chi connectivity index (χ2v) is 4.24. The number of rotatable bonds is 5. The molecule has 0 aliphatic heterocycles. The maximum Gasteiger partial charge on any atom is 0.224 e. The molecule has 1 aromatic heterocycles. The minimum atomic E-state index is 0.429. The van der Waals surface area contributed by atoms with Crippen molar-refractivity contribution in [3.8, 4) is 11.5 Å². The van der Waals surface area contributed by atoms with Crippen molar-refractivity contribution in [2.45, 2.75) is 0 Å². The van der Waals surface area contributed by atoms with Crippen molar-refractivity contribution in [1.82, 2.24) is 9.97 Å². The van der Waals surface area contributed by atoms with Crippen LogP contribution in [-0.4, -0.2) is 31.2 Å². The lowest BCUT2D eigenvalue weighted by Crippen LogP contribution is -2.01. The number of hydrogen-bond acceptors (Lipinski definition) is 6. The zero-order chi connectivity index (χ0) is 14.5. The van der Waals surface area contributed by atoms with Crippen molar-refractivity contribution in [1.29, 1.82) is 0 Å². The van der Waals surface area contributed by atoms with Crippen molar-refractivity contribution in [2.75, 3.05) is 31.9 Å². The first-order valence-electron chi connectivity index (χ1n) is 5.87. The third kappa shape index (κ3) is 3.03. The molecule has 1 heterocycles. The molecule has 0 unspecified atom stereocenters. The molecule has 0 aliphatic rings. The van der Waals surface area contributed by atoms with E-state index in [9.17, 15) is 0 Å². The van der Waals surface area contributed by atoms with Gasteiger partial charge in [-0.15, -0.1) is 0 Å². The molecule has 7 heteroatoms. The summed E-state index contributed by atoms with van der Waals surface area (Å²) in [5.41, 5.74) is 0.783. The van der Waals surface area contributed by atoms with Gasteiger partial charge in [-0.2, -0.15) is 4.98 Å². The van der Waals surface area contributed by atoms with E-state index < -0.39 is 0 Å². The fraction of sp³-hybridized carbons (Fsp3) is 0.231. The minimum Gasteiger partial charge on any atom is -0.493 e. The molecule has 0 aliphatic carbocycles. The Balaban J connectivity index is 2.30. The third-order valence-electron chi connectivity index (χ3n) is 2.61. The van der Waals surface area contributed by atoms with Crippen LogP contribution in [0.15, 0.2) is 24.4 Å². The Kier molecular flexibility index (Phi) is 4.47. The van der Waals surface area contributed by atoms with E-state index in [1.54, 1.807) is 33.4 Å². The minimum absolute atomic E-state index is 0.429. The first kappa shape index (κ1) is 14.2. The Morgan fingerprint density at radius 2 is 1.90 bits per heavy atom. The molecule has 6 nitrogen and oxygen atoms in total. The van der Waals surface area contributed by atoms with Gasteiger partial charge >= 0.3 is 0 Å². The summed E-state index contributed by atoms with van der Waals surface area (Å²) in [4.78, 5) is 8.27. The highest BCUT2D eigenvalue weighted by molar-refractivity contribution is 6.32. The van der Waals surface area contributed by atoms with Gasteiger partial charge in [-0.25, -0.2) is 4.98 Å². The summed E-state index contributed by atoms with van der Waals surface area (Å²) in [5.74, 6) is 2.27. The molecular formula is C13H15ClN4O2. The molecule has 0 saturated heterocycles. The molecule has 0 saturated carbocycles. The summed E-state index contributed by atoms with van der Waals surface area (Å²) in [6.07, 6.45) is 1.53. The third-order valence-corrected chi connectivity index (χ3v) is 2.89. The predicted molar refractivity (Wildman–Crippen MR) is 79.4 cm³/mol. The zero-order valence-corrected chi connectivity index (χ0v) is 12.2. The molecule has 0 bridgehead atoms. The van der Waals surface area contributed by atoms with Crippen molar-refractivity contribution in [3.05, 3.63) is 29.4 Å². The van der Waals surface area contributed by atoms with Crippen LogP contribution >= 0.6 is 11.6 Å². The number of benzene rings is 1. The highest BCUT2D eigenvalue weighted by Gasteiger charge is 2.08. The van der Waals surface area contributed by atoms with Gasteiger partial charge in [-0.3, -0.25) is 0 Å². The largest absolute Gasteiger partial charge is 0.493 e. The monoisotopic (exact) mass is 294 g/mol. The van der Waals surface area contributed by atoms with Crippen LogP contribution in [0.2, 0.25) is 5.02 Å². The quantitative estimate of drug-likeness (QED) is 0.884. The van der Waals surface area contributed by atoms with Gasteiger partial charge in [0.05, 0.1) is 20.4 Å². The van der Waals surface area contributed by atoms with E-state index in [0.717, 1.165) is 5.69 Å². The number of nitrogens with one attached hydrogen (secondary N) is 2. The molecule has 106 valence electrons. The van der Waals surface area contributed by atoms with Gasteiger partial charge in [0.15, 0.2) is 17.3 Å². The summed E-state index contributed by atoms with van der Waals surface area (Å²) in [7, 11) is 4.91. The lowest BCUT2D eigenvalue weighted by Gasteiger charge is -2.12. The van der Waals surface area contributed by atoms with Gasteiger partial charge in [-0.05, 0) is 12.1 Å². The van der Waals surface area contributed by atoms with Crippen LogP contribution in [0.25, 0.3) is 0 Å². The van der Waals surface area contributed by atoms with Crippen LogP contribution in [0.1, 0.15) is 0 Å². The van der Waals surface area contributed by atoms with E-state index in [-0.39, 0.29) is 0 Å². The van der Waals surface area contributed by atoms with E-state index in [4.69, 9.17) is 21.1 Å². The Bertz CT molecular complexity index is 607. The molecule has 0 amide bonds. The topological polar surface area (TPSA) is 68.3 Å². The molecular weight excluding hydrogens is 280 g/mol. The van der Waals surface area contributed by atoms with Crippen molar-refractivity contribution >= 4 is 29.1 Å². The van der Waals surface area contributed by atoms with Crippen molar-refractivity contribution in [2.24, 2.45) is 0 Å². The predicted octanol–water partition coefficient (Wildman–Crippen LogP) is 2.93. The number of ether oxygens (including phenoxy) is 2. The van der Waals surface area contributed by atoms with Crippen LogP contribution in [0.4, 0.5) is 17.5 Å². The van der Waals surface area contributed by atoms with Crippen LogP contribution in [-0.2, 0) is 0 Å². The summed E-state index contributed by atoms with van der Waals surface area (Å²) >= 11 is 6.06. The molecule has 0 fully saturated rings. The summed E-state index contributed by atoms with van der Waals surface area (Å²) in [5, 5.41) is 6.40. The number of hydrogen-bond donors (Lipinski definition) is 2. The Labute approximate surface area is 122 Å². The first-order valence-corrected chi connectivity index (χ1v) is 6.25. The molecule has 2 rings (SSSR count). The van der Waals surface area contributed by atoms with Gasteiger partial charge in [0.25, 0.3) is 0 Å². The normalized spacial score (nSPS) is 10.0. The first-order chi connectivity index (χ1) is 9.67.